The monoisotopic (exact) mass is 457 g/mol. The molecule has 2 fully saturated rings. The standard InChI is InChI=1S/C23H28ClN5OS/c1-28-18-5-4-15(12-16(18)14-31(28,2)3)17-13-27-21(25)19(24)20(17)29-10-7-23(8-11-29)6-9-26-22(23)30/h4-5,12-13H,2-3,6-11,14H2,1H3,(H2,25,27)(H,26,30). The first-order valence-electron chi connectivity index (χ1n) is 10.5. The number of halogens is 1. The molecule has 1 spiro atoms. The number of hydrogen-bond donors (Lipinski definition) is 2. The highest BCUT2D eigenvalue weighted by atomic mass is 35.5. The molecule has 1 aromatic heterocycles. The van der Waals surface area contributed by atoms with Crippen LogP contribution in [0.15, 0.2) is 24.4 Å². The molecule has 2 saturated heterocycles. The molecule has 0 atom stereocenters. The lowest BCUT2D eigenvalue weighted by molar-refractivity contribution is -0.128. The van der Waals surface area contributed by atoms with Gasteiger partial charge in [-0.15, -0.1) is 9.39 Å². The zero-order chi connectivity index (χ0) is 22.0. The van der Waals surface area contributed by atoms with Crippen LogP contribution in [0.4, 0.5) is 17.2 Å². The number of anilines is 3. The molecule has 3 aliphatic rings. The van der Waals surface area contributed by atoms with Crippen molar-refractivity contribution < 1.29 is 4.79 Å². The van der Waals surface area contributed by atoms with Crippen LogP contribution >= 0.6 is 21.0 Å². The van der Waals surface area contributed by atoms with E-state index in [2.05, 4.69) is 56.5 Å². The fourth-order valence-electron chi connectivity index (χ4n) is 5.13. The summed E-state index contributed by atoms with van der Waals surface area (Å²) in [5.74, 6) is 10.1. The number of fused-ring (bicyclic) bond motifs is 1. The highest BCUT2D eigenvalue weighted by molar-refractivity contribution is 8.28. The van der Waals surface area contributed by atoms with Crippen molar-refractivity contribution in [2.45, 2.75) is 25.0 Å². The smallest absolute Gasteiger partial charge is 0.226 e. The average molecular weight is 458 g/mol. The Morgan fingerprint density at radius 1 is 1.26 bits per heavy atom. The van der Waals surface area contributed by atoms with Gasteiger partial charge in [-0.2, -0.15) is 0 Å². The van der Waals surface area contributed by atoms with Gasteiger partial charge in [0.25, 0.3) is 0 Å². The van der Waals surface area contributed by atoms with E-state index in [4.69, 9.17) is 17.3 Å². The number of pyridine rings is 1. The number of piperidine rings is 1. The molecule has 4 heterocycles. The quantitative estimate of drug-likeness (QED) is 0.673. The molecular formula is C23H28ClN5OS. The van der Waals surface area contributed by atoms with Crippen LogP contribution in [-0.2, 0) is 10.5 Å². The predicted octanol–water partition coefficient (Wildman–Crippen LogP) is 3.62. The molecule has 0 aliphatic carbocycles. The summed E-state index contributed by atoms with van der Waals surface area (Å²) < 4.78 is 2.21. The molecule has 3 N–H and O–H groups in total. The van der Waals surface area contributed by atoms with Gasteiger partial charge in [0.05, 0.1) is 11.1 Å². The molecule has 0 radical (unpaired) electrons. The van der Waals surface area contributed by atoms with E-state index in [0.29, 0.717) is 10.8 Å². The Hall–Kier alpha value is -2.38. The average Bonchev–Trinajstić information content (AvgIpc) is 3.20. The first-order chi connectivity index (χ1) is 14.7. The van der Waals surface area contributed by atoms with Crippen molar-refractivity contribution >= 4 is 55.8 Å². The van der Waals surface area contributed by atoms with E-state index in [0.717, 1.165) is 61.5 Å². The van der Waals surface area contributed by atoms with Gasteiger partial charge in [0.2, 0.25) is 5.91 Å². The summed E-state index contributed by atoms with van der Waals surface area (Å²) in [7, 11) is 0.743. The van der Waals surface area contributed by atoms with Crippen molar-refractivity contribution in [1.82, 2.24) is 10.3 Å². The Labute approximate surface area is 189 Å². The molecule has 1 amide bonds. The number of nitrogens with two attached hydrogens (primary N) is 1. The van der Waals surface area contributed by atoms with Gasteiger partial charge in [-0.05, 0) is 42.5 Å². The Bertz CT molecular complexity index is 1180. The number of carbonyl (C=O) groups excluding carboxylic acids is 1. The highest BCUT2D eigenvalue weighted by Crippen LogP contribution is 2.48. The van der Waals surface area contributed by atoms with Gasteiger partial charge in [0.15, 0.2) is 0 Å². The first kappa shape index (κ1) is 20.5. The minimum absolute atomic E-state index is 0.197. The normalized spacial score (nSPS) is 21.4. The summed E-state index contributed by atoms with van der Waals surface area (Å²) in [4.78, 5) is 19.0. The lowest BCUT2D eigenvalue weighted by Crippen LogP contribution is -2.44. The molecule has 6 nitrogen and oxygen atoms in total. The molecule has 31 heavy (non-hydrogen) atoms. The largest absolute Gasteiger partial charge is 0.382 e. The van der Waals surface area contributed by atoms with Crippen molar-refractivity contribution in [2.24, 2.45) is 5.41 Å². The van der Waals surface area contributed by atoms with Gasteiger partial charge in [-0.3, -0.25) is 4.79 Å². The summed E-state index contributed by atoms with van der Waals surface area (Å²) in [5, 5.41) is 3.48. The molecule has 5 rings (SSSR count). The SMILES string of the molecule is C=S1(=C)Cc2cc(-c3cnc(N)c(Cl)c3N3CCC4(CCNC4=O)CC3)ccc2N1C. The molecule has 0 unspecified atom stereocenters. The third kappa shape index (κ3) is 3.17. The van der Waals surface area contributed by atoms with Crippen molar-refractivity contribution in [3.63, 3.8) is 0 Å². The van der Waals surface area contributed by atoms with E-state index in [-0.39, 0.29) is 11.3 Å². The summed E-state index contributed by atoms with van der Waals surface area (Å²) in [6.07, 6.45) is 4.37. The van der Waals surface area contributed by atoms with E-state index >= 15 is 0 Å². The first-order valence-corrected chi connectivity index (χ1v) is 13.0. The van der Waals surface area contributed by atoms with Crippen molar-refractivity contribution in [2.75, 3.05) is 41.6 Å². The Morgan fingerprint density at radius 2 is 2.00 bits per heavy atom. The summed E-state index contributed by atoms with van der Waals surface area (Å²) in [6.45, 7) is 2.31. The van der Waals surface area contributed by atoms with Gasteiger partial charge in [-0.25, -0.2) is 4.98 Å². The second kappa shape index (κ2) is 7.07. The van der Waals surface area contributed by atoms with Gasteiger partial charge in [0.1, 0.15) is 10.8 Å². The minimum Gasteiger partial charge on any atom is -0.382 e. The number of hydrogen-bond acceptors (Lipinski definition) is 5. The predicted molar refractivity (Wildman–Crippen MR) is 135 cm³/mol. The van der Waals surface area contributed by atoms with Gasteiger partial charge >= 0.3 is 0 Å². The van der Waals surface area contributed by atoms with Crippen molar-refractivity contribution in [3.8, 4) is 11.1 Å². The molecule has 3 aliphatic heterocycles. The molecule has 8 heteroatoms. The van der Waals surface area contributed by atoms with Crippen LogP contribution in [0.25, 0.3) is 11.1 Å². The summed E-state index contributed by atoms with van der Waals surface area (Å²) >= 11 is 6.71. The van der Waals surface area contributed by atoms with Crippen LogP contribution in [0, 0.1) is 5.41 Å². The van der Waals surface area contributed by atoms with E-state index < -0.39 is 9.39 Å². The number of benzene rings is 1. The van der Waals surface area contributed by atoms with Gasteiger partial charge in [0, 0.05) is 49.9 Å². The number of aromatic nitrogens is 1. The number of carbonyl (C=O) groups is 1. The zero-order valence-corrected chi connectivity index (χ0v) is 19.4. The maximum atomic E-state index is 12.4. The second-order valence-corrected chi connectivity index (χ2v) is 12.2. The lowest BCUT2D eigenvalue weighted by Gasteiger charge is -2.39. The Kier molecular flexibility index (Phi) is 4.68. The number of amides is 1. The minimum atomic E-state index is -1.32. The highest BCUT2D eigenvalue weighted by Gasteiger charge is 2.44. The van der Waals surface area contributed by atoms with Crippen molar-refractivity contribution in [1.29, 1.82) is 0 Å². The fourth-order valence-corrected chi connectivity index (χ4v) is 7.00. The number of rotatable bonds is 2. The van der Waals surface area contributed by atoms with Crippen LogP contribution in [0.3, 0.4) is 0 Å². The number of nitrogens with zero attached hydrogens (tertiary/aromatic N) is 3. The Morgan fingerprint density at radius 3 is 2.68 bits per heavy atom. The lowest BCUT2D eigenvalue weighted by atomic mass is 9.77. The fraction of sp³-hybridized carbons (Fsp3) is 0.391. The van der Waals surface area contributed by atoms with E-state index in [1.54, 1.807) is 0 Å². The maximum absolute atomic E-state index is 12.4. The van der Waals surface area contributed by atoms with Crippen molar-refractivity contribution in [3.05, 3.63) is 35.0 Å². The van der Waals surface area contributed by atoms with E-state index in [1.807, 2.05) is 6.20 Å². The molecule has 1 aromatic carbocycles. The van der Waals surface area contributed by atoms with E-state index in [9.17, 15) is 4.79 Å². The number of nitrogens with one attached hydrogen (secondary N) is 1. The van der Waals surface area contributed by atoms with Gasteiger partial charge < -0.3 is 20.3 Å². The molecular weight excluding hydrogens is 430 g/mol. The third-order valence-electron chi connectivity index (χ3n) is 7.16. The molecule has 164 valence electrons. The summed E-state index contributed by atoms with van der Waals surface area (Å²) in [5.41, 5.74) is 11.3. The summed E-state index contributed by atoms with van der Waals surface area (Å²) in [6, 6.07) is 6.46. The third-order valence-corrected chi connectivity index (χ3v) is 9.74. The van der Waals surface area contributed by atoms with Gasteiger partial charge in [-0.1, -0.05) is 29.4 Å². The molecule has 2 aromatic rings. The van der Waals surface area contributed by atoms with Crippen LogP contribution in [0.5, 0.6) is 0 Å². The number of nitrogen functional groups attached to an aromatic ring is 1. The molecule has 0 saturated carbocycles. The molecule has 0 bridgehead atoms. The van der Waals surface area contributed by atoms with Crippen LogP contribution in [-0.4, -0.2) is 49.3 Å². The van der Waals surface area contributed by atoms with Crippen LogP contribution in [0.2, 0.25) is 5.02 Å². The topological polar surface area (TPSA) is 74.5 Å². The second-order valence-electron chi connectivity index (χ2n) is 8.98. The van der Waals surface area contributed by atoms with Crippen LogP contribution < -0.4 is 20.3 Å². The maximum Gasteiger partial charge on any atom is 0.226 e. The van der Waals surface area contributed by atoms with Crippen LogP contribution in [0.1, 0.15) is 24.8 Å². The zero-order valence-electron chi connectivity index (χ0n) is 17.8. The van der Waals surface area contributed by atoms with E-state index in [1.165, 1.54) is 11.3 Å². The Balaban J connectivity index is 1.53.